The number of hydrogen-bond acceptors (Lipinski definition) is 6. The number of pyridine rings is 1. The fourth-order valence-electron chi connectivity index (χ4n) is 3.32. The van der Waals surface area contributed by atoms with Crippen molar-refractivity contribution in [2.75, 3.05) is 38.1 Å². The summed E-state index contributed by atoms with van der Waals surface area (Å²) in [6, 6.07) is 4.02. The molecule has 1 saturated heterocycles. The predicted molar refractivity (Wildman–Crippen MR) is 121 cm³/mol. The SMILES string of the molecule is C=C/C=C\C1=C(N)C(=N\NC(=S)c2ccc(N3CCN(C)CC3)cn2)/CCC1. The number of nitrogens with two attached hydrogens (primary N) is 1. The van der Waals surface area contributed by atoms with Crippen LogP contribution >= 0.6 is 12.2 Å². The van der Waals surface area contributed by atoms with Gasteiger partial charge in [0.1, 0.15) is 4.99 Å². The minimum Gasteiger partial charge on any atom is -0.397 e. The highest BCUT2D eigenvalue weighted by molar-refractivity contribution is 7.80. The van der Waals surface area contributed by atoms with Gasteiger partial charge in [-0.3, -0.25) is 10.4 Å². The Labute approximate surface area is 172 Å². The molecule has 0 aromatic carbocycles. The number of thiocarbonyl (C=S) groups is 1. The van der Waals surface area contributed by atoms with E-state index < -0.39 is 0 Å². The Kier molecular flexibility index (Phi) is 6.95. The number of aromatic nitrogens is 1. The monoisotopic (exact) mass is 396 g/mol. The minimum absolute atomic E-state index is 0.499. The lowest BCUT2D eigenvalue weighted by atomic mass is 9.94. The maximum Gasteiger partial charge on any atom is 0.145 e. The number of likely N-dealkylation sites (N-methyl/N-ethyl adjacent to an activating group) is 1. The summed E-state index contributed by atoms with van der Waals surface area (Å²) >= 11 is 5.46. The molecule has 0 amide bonds. The first-order chi connectivity index (χ1) is 13.6. The number of piperazine rings is 1. The number of allylic oxidation sites excluding steroid dienone is 5. The van der Waals surface area contributed by atoms with E-state index >= 15 is 0 Å². The molecule has 0 bridgehead atoms. The number of hydrazone groups is 1. The van der Waals surface area contributed by atoms with E-state index in [9.17, 15) is 0 Å². The van der Waals surface area contributed by atoms with Crippen LogP contribution in [-0.2, 0) is 0 Å². The van der Waals surface area contributed by atoms with E-state index in [1.807, 2.05) is 24.4 Å². The Morgan fingerprint density at radius 3 is 2.75 bits per heavy atom. The van der Waals surface area contributed by atoms with E-state index in [0.717, 1.165) is 68.1 Å². The van der Waals surface area contributed by atoms with Crippen molar-refractivity contribution in [2.45, 2.75) is 19.3 Å². The molecule has 0 saturated carbocycles. The molecule has 7 heteroatoms. The van der Waals surface area contributed by atoms with E-state index in [1.54, 1.807) is 6.08 Å². The van der Waals surface area contributed by atoms with Crippen molar-refractivity contribution in [2.24, 2.45) is 10.8 Å². The number of nitrogens with zero attached hydrogens (tertiary/aromatic N) is 4. The van der Waals surface area contributed by atoms with Crippen molar-refractivity contribution >= 4 is 28.6 Å². The van der Waals surface area contributed by atoms with Gasteiger partial charge in [0.15, 0.2) is 0 Å². The van der Waals surface area contributed by atoms with Crippen molar-refractivity contribution in [3.63, 3.8) is 0 Å². The summed E-state index contributed by atoms with van der Waals surface area (Å²) in [6.07, 6.45) is 10.3. The highest BCUT2D eigenvalue weighted by Gasteiger charge is 2.16. The topological polar surface area (TPSA) is 69.8 Å². The molecular formula is C21H28N6S. The van der Waals surface area contributed by atoms with Crippen LogP contribution in [0.3, 0.4) is 0 Å². The molecule has 3 rings (SSSR count). The van der Waals surface area contributed by atoms with E-state index in [1.165, 1.54) is 0 Å². The zero-order valence-electron chi connectivity index (χ0n) is 16.4. The highest BCUT2D eigenvalue weighted by atomic mass is 32.1. The van der Waals surface area contributed by atoms with Gasteiger partial charge in [0, 0.05) is 26.2 Å². The van der Waals surface area contributed by atoms with Gasteiger partial charge in [0.25, 0.3) is 0 Å². The fraction of sp³-hybridized carbons (Fsp3) is 0.381. The normalized spacial score (nSPS) is 20.0. The van der Waals surface area contributed by atoms with Gasteiger partial charge in [-0.25, -0.2) is 0 Å². The zero-order chi connectivity index (χ0) is 19.9. The van der Waals surface area contributed by atoms with Crippen molar-refractivity contribution in [1.29, 1.82) is 0 Å². The maximum atomic E-state index is 6.26. The van der Waals surface area contributed by atoms with Crippen molar-refractivity contribution in [3.05, 3.63) is 60.1 Å². The molecule has 1 aromatic rings. The third-order valence-corrected chi connectivity index (χ3v) is 5.39. The summed E-state index contributed by atoms with van der Waals surface area (Å²) in [7, 11) is 2.15. The van der Waals surface area contributed by atoms with Crippen molar-refractivity contribution in [1.82, 2.24) is 15.3 Å². The first-order valence-corrected chi connectivity index (χ1v) is 10.0. The summed E-state index contributed by atoms with van der Waals surface area (Å²) in [6.45, 7) is 7.87. The largest absolute Gasteiger partial charge is 0.397 e. The summed E-state index contributed by atoms with van der Waals surface area (Å²) < 4.78 is 0. The molecular weight excluding hydrogens is 368 g/mol. The van der Waals surface area contributed by atoms with E-state index in [2.05, 4.69) is 45.0 Å². The summed E-state index contributed by atoms with van der Waals surface area (Å²) in [5.41, 5.74) is 13.7. The lowest BCUT2D eigenvalue weighted by molar-refractivity contribution is 0.313. The molecule has 2 aliphatic rings. The van der Waals surface area contributed by atoms with Gasteiger partial charge in [0.05, 0.1) is 29.0 Å². The van der Waals surface area contributed by atoms with Gasteiger partial charge in [-0.1, -0.05) is 37.0 Å². The van der Waals surface area contributed by atoms with Gasteiger partial charge >= 0.3 is 0 Å². The molecule has 1 aromatic heterocycles. The third kappa shape index (κ3) is 5.05. The molecule has 6 nitrogen and oxygen atoms in total. The maximum absolute atomic E-state index is 6.26. The van der Waals surface area contributed by atoms with E-state index in [-0.39, 0.29) is 0 Å². The molecule has 0 atom stereocenters. The Morgan fingerprint density at radius 2 is 2.07 bits per heavy atom. The number of nitrogens with one attached hydrogen (secondary N) is 1. The first-order valence-electron chi connectivity index (χ1n) is 9.63. The van der Waals surface area contributed by atoms with Crippen LogP contribution in [0.4, 0.5) is 5.69 Å². The Balaban J connectivity index is 1.64. The first kappa shape index (κ1) is 20.2. The van der Waals surface area contributed by atoms with Gasteiger partial charge < -0.3 is 15.5 Å². The average Bonchev–Trinajstić information content (AvgIpc) is 2.72. The van der Waals surface area contributed by atoms with Crippen molar-refractivity contribution in [3.8, 4) is 0 Å². The Hall–Kier alpha value is -2.51. The number of anilines is 1. The number of hydrogen-bond donors (Lipinski definition) is 2. The van der Waals surface area contributed by atoms with E-state index in [0.29, 0.717) is 10.7 Å². The molecule has 2 heterocycles. The van der Waals surface area contributed by atoms with Crippen LogP contribution in [0, 0.1) is 0 Å². The van der Waals surface area contributed by atoms with Crippen LogP contribution in [0.25, 0.3) is 0 Å². The van der Waals surface area contributed by atoms with Gasteiger partial charge in [-0.2, -0.15) is 5.10 Å². The van der Waals surface area contributed by atoms with Crippen LogP contribution in [-0.4, -0.2) is 53.8 Å². The van der Waals surface area contributed by atoms with Gasteiger partial charge in [-0.15, -0.1) is 0 Å². The summed E-state index contributed by atoms with van der Waals surface area (Å²) in [5, 5.41) is 4.45. The molecule has 0 radical (unpaired) electrons. The van der Waals surface area contributed by atoms with Crippen LogP contribution in [0.5, 0.6) is 0 Å². The molecule has 1 aliphatic carbocycles. The van der Waals surface area contributed by atoms with E-state index in [4.69, 9.17) is 18.0 Å². The highest BCUT2D eigenvalue weighted by Crippen LogP contribution is 2.21. The molecule has 1 fully saturated rings. The average molecular weight is 397 g/mol. The second-order valence-electron chi connectivity index (χ2n) is 7.08. The second-order valence-corrected chi connectivity index (χ2v) is 7.49. The Bertz CT molecular complexity index is 801. The lowest BCUT2D eigenvalue weighted by Gasteiger charge is -2.33. The predicted octanol–water partition coefficient (Wildman–Crippen LogP) is 2.59. The third-order valence-electron chi connectivity index (χ3n) is 5.09. The van der Waals surface area contributed by atoms with Crippen LogP contribution in [0.1, 0.15) is 25.0 Å². The summed E-state index contributed by atoms with van der Waals surface area (Å²) in [5.74, 6) is 0. The molecule has 1 aliphatic heterocycles. The standard InChI is InChI=1S/C21H28N6S/c1-3-4-6-16-7-5-8-18(20(16)22)24-25-21(28)19-10-9-17(15-23-19)27-13-11-26(2)12-14-27/h3-4,6,9-10,15H,1,5,7-8,11-14,22H2,2H3,(H,25,28)/b6-4-,24-18-. The van der Waals surface area contributed by atoms with Gasteiger partial charge in [0.2, 0.25) is 0 Å². The van der Waals surface area contributed by atoms with Crippen LogP contribution < -0.4 is 16.1 Å². The number of rotatable bonds is 5. The molecule has 0 unspecified atom stereocenters. The quantitative estimate of drug-likeness (QED) is 0.453. The van der Waals surface area contributed by atoms with Gasteiger partial charge in [-0.05, 0) is 44.0 Å². The minimum atomic E-state index is 0.499. The molecule has 148 valence electrons. The second kappa shape index (κ2) is 9.61. The zero-order valence-corrected chi connectivity index (χ0v) is 17.2. The lowest BCUT2D eigenvalue weighted by Crippen LogP contribution is -2.44. The summed E-state index contributed by atoms with van der Waals surface area (Å²) in [4.78, 5) is 9.70. The Morgan fingerprint density at radius 1 is 1.29 bits per heavy atom. The molecule has 28 heavy (non-hydrogen) atoms. The van der Waals surface area contributed by atoms with Crippen molar-refractivity contribution < 1.29 is 0 Å². The fourth-order valence-corrected chi connectivity index (χ4v) is 3.49. The molecule has 0 spiro atoms. The smallest absolute Gasteiger partial charge is 0.145 e. The van der Waals surface area contributed by atoms with Crippen LogP contribution in [0.2, 0.25) is 0 Å². The van der Waals surface area contributed by atoms with Crippen LogP contribution in [0.15, 0.2) is 59.5 Å². The molecule has 3 N–H and O–H groups in total.